The molecule has 1 aromatic heterocycles. The Labute approximate surface area is 149 Å². The number of carbonyl (C=O) groups is 1. The Morgan fingerprint density at radius 1 is 1.16 bits per heavy atom. The summed E-state index contributed by atoms with van der Waals surface area (Å²) in [5.41, 5.74) is 2.40. The summed E-state index contributed by atoms with van der Waals surface area (Å²) < 4.78 is 11.2. The molecule has 0 radical (unpaired) electrons. The topological polar surface area (TPSA) is 72.6 Å². The van der Waals surface area contributed by atoms with E-state index in [0.717, 1.165) is 22.9 Å². The minimum Gasteiger partial charge on any atom is -0.497 e. The molecule has 1 N–H and O–H groups in total. The highest BCUT2D eigenvalue weighted by Crippen LogP contribution is 2.37. The summed E-state index contributed by atoms with van der Waals surface area (Å²) in [5.74, 6) is 0.388. The van der Waals surface area contributed by atoms with Crippen molar-refractivity contribution in [1.29, 1.82) is 0 Å². The number of methoxy groups -OCH3 is 1. The smallest absolute Gasteiger partial charge is 0.316 e. The van der Waals surface area contributed by atoms with Crippen LogP contribution in [-0.2, 0) is 4.79 Å². The van der Waals surface area contributed by atoms with Gasteiger partial charge in [-0.1, -0.05) is 54.2 Å². The van der Waals surface area contributed by atoms with Gasteiger partial charge in [-0.25, -0.2) is 4.98 Å². The molecule has 1 unspecified atom stereocenters. The van der Waals surface area contributed by atoms with Crippen molar-refractivity contribution >= 4 is 17.7 Å². The Hall–Kier alpha value is -2.73. The van der Waals surface area contributed by atoms with E-state index in [0.29, 0.717) is 22.4 Å². The fraction of sp³-hybridized carbons (Fsp3) is 0.158. The Morgan fingerprint density at radius 2 is 1.88 bits per heavy atom. The molecular formula is C19H17NO4S. The van der Waals surface area contributed by atoms with Crippen LogP contribution in [0.4, 0.5) is 0 Å². The molecule has 0 spiro atoms. The zero-order valence-electron chi connectivity index (χ0n) is 13.8. The molecule has 3 aromatic rings. The largest absolute Gasteiger partial charge is 0.497 e. The van der Waals surface area contributed by atoms with Crippen LogP contribution in [0.25, 0.3) is 22.6 Å². The summed E-state index contributed by atoms with van der Waals surface area (Å²) in [6, 6.07) is 17.2. The van der Waals surface area contributed by atoms with Crippen LogP contribution < -0.4 is 4.74 Å². The fourth-order valence-corrected chi connectivity index (χ4v) is 2.98. The summed E-state index contributed by atoms with van der Waals surface area (Å²) >= 11 is 1.08. The maximum atomic E-state index is 11.1. The van der Waals surface area contributed by atoms with Gasteiger partial charge in [0.2, 0.25) is 0 Å². The quantitative estimate of drug-likeness (QED) is 0.652. The number of benzene rings is 2. The molecule has 5 nitrogen and oxygen atoms in total. The van der Waals surface area contributed by atoms with Gasteiger partial charge >= 0.3 is 5.97 Å². The third-order valence-corrected chi connectivity index (χ3v) is 4.54. The molecular weight excluding hydrogens is 338 g/mol. The van der Waals surface area contributed by atoms with Gasteiger partial charge in [0.25, 0.3) is 5.22 Å². The van der Waals surface area contributed by atoms with Crippen LogP contribution in [0.1, 0.15) is 6.92 Å². The highest BCUT2D eigenvalue weighted by atomic mass is 32.2. The molecule has 0 fully saturated rings. The van der Waals surface area contributed by atoms with Crippen LogP contribution in [0.2, 0.25) is 0 Å². The van der Waals surface area contributed by atoms with Crippen molar-refractivity contribution in [2.75, 3.05) is 7.11 Å². The average Bonchev–Trinajstić information content (AvgIpc) is 3.06. The maximum Gasteiger partial charge on any atom is 0.316 e. The predicted molar refractivity (Wildman–Crippen MR) is 96.9 cm³/mol. The lowest BCUT2D eigenvalue weighted by Gasteiger charge is -2.04. The fourth-order valence-electron chi connectivity index (χ4n) is 2.30. The van der Waals surface area contributed by atoms with Crippen molar-refractivity contribution in [3.8, 4) is 28.3 Å². The van der Waals surface area contributed by atoms with Crippen LogP contribution in [0.15, 0.2) is 64.2 Å². The second kappa shape index (κ2) is 7.44. The van der Waals surface area contributed by atoms with E-state index in [-0.39, 0.29) is 0 Å². The third-order valence-electron chi connectivity index (χ3n) is 3.61. The number of aliphatic carboxylic acids is 1. The number of oxazole rings is 1. The Bertz CT molecular complexity index is 876. The number of carboxylic acid groups (broad SMARTS) is 1. The van der Waals surface area contributed by atoms with Crippen LogP contribution in [0.3, 0.4) is 0 Å². The van der Waals surface area contributed by atoms with Gasteiger partial charge in [-0.3, -0.25) is 4.79 Å². The number of aromatic nitrogens is 1. The van der Waals surface area contributed by atoms with Crippen molar-refractivity contribution in [3.63, 3.8) is 0 Å². The van der Waals surface area contributed by atoms with Crippen molar-refractivity contribution < 1.29 is 19.1 Å². The number of hydrogen-bond acceptors (Lipinski definition) is 5. The zero-order valence-corrected chi connectivity index (χ0v) is 14.6. The first-order valence-electron chi connectivity index (χ1n) is 7.68. The van der Waals surface area contributed by atoms with E-state index < -0.39 is 11.2 Å². The number of hydrogen-bond donors (Lipinski definition) is 1. The van der Waals surface area contributed by atoms with Gasteiger partial charge in [-0.05, 0) is 19.1 Å². The summed E-state index contributed by atoms with van der Waals surface area (Å²) in [6.07, 6.45) is 0. The summed E-state index contributed by atoms with van der Waals surface area (Å²) in [6.45, 7) is 1.60. The minimum atomic E-state index is -0.910. The van der Waals surface area contributed by atoms with Crippen LogP contribution in [0, 0.1) is 0 Å². The van der Waals surface area contributed by atoms with Crippen LogP contribution in [0.5, 0.6) is 5.75 Å². The van der Waals surface area contributed by atoms with Gasteiger partial charge in [0, 0.05) is 11.1 Å². The van der Waals surface area contributed by atoms with Gasteiger partial charge in [0.15, 0.2) is 5.76 Å². The van der Waals surface area contributed by atoms with Gasteiger partial charge in [0.05, 0.1) is 7.11 Å². The molecule has 25 heavy (non-hydrogen) atoms. The molecule has 6 heteroatoms. The van der Waals surface area contributed by atoms with Crippen molar-refractivity contribution in [2.45, 2.75) is 17.4 Å². The third kappa shape index (κ3) is 3.85. The number of carboxylic acids is 1. The standard InChI is InChI=1S/C19H17NO4S/c1-12(18(21)22)25-19-20-16(13-7-4-3-5-8-13)17(24-19)14-9-6-10-15(11-14)23-2/h3-12H,1-2H3,(H,21,22). The Morgan fingerprint density at radius 3 is 2.56 bits per heavy atom. The molecule has 0 saturated heterocycles. The summed E-state index contributed by atoms with van der Waals surface area (Å²) in [5, 5.41) is 8.79. The Kier molecular flexibility index (Phi) is 5.09. The SMILES string of the molecule is COc1cccc(-c2oc(SC(C)C(=O)O)nc2-c2ccccc2)c1. The highest BCUT2D eigenvalue weighted by Gasteiger charge is 2.21. The van der Waals surface area contributed by atoms with E-state index in [4.69, 9.17) is 14.3 Å². The van der Waals surface area contributed by atoms with E-state index in [2.05, 4.69) is 4.98 Å². The van der Waals surface area contributed by atoms with E-state index >= 15 is 0 Å². The monoisotopic (exact) mass is 355 g/mol. The van der Waals surface area contributed by atoms with E-state index in [1.807, 2.05) is 54.6 Å². The van der Waals surface area contributed by atoms with Crippen molar-refractivity contribution in [1.82, 2.24) is 4.98 Å². The lowest BCUT2D eigenvalue weighted by molar-refractivity contribution is -0.136. The molecule has 0 aliphatic rings. The number of thioether (sulfide) groups is 1. The normalized spacial score (nSPS) is 11.9. The molecule has 0 saturated carbocycles. The molecule has 128 valence electrons. The Balaban J connectivity index is 2.08. The maximum absolute atomic E-state index is 11.1. The minimum absolute atomic E-state index is 0.326. The molecule has 0 amide bonds. The van der Waals surface area contributed by atoms with Gasteiger partial charge in [-0.2, -0.15) is 0 Å². The van der Waals surface area contributed by atoms with E-state index in [1.54, 1.807) is 14.0 Å². The summed E-state index contributed by atoms with van der Waals surface area (Å²) in [4.78, 5) is 15.6. The first-order chi connectivity index (χ1) is 12.1. The molecule has 0 bridgehead atoms. The van der Waals surface area contributed by atoms with Gasteiger partial charge in [-0.15, -0.1) is 0 Å². The van der Waals surface area contributed by atoms with Crippen molar-refractivity contribution in [3.05, 3.63) is 54.6 Å². The van der Waals surface area contributed by atoms with E-state index in [9.17, 15) is 4.79 Å². The first-order valence-corrected chi connectivity index (χ1v) is 8.56. The predicted octanol–water partition coefficient (Wildman–Crippen LogP) is 4.58. The lowest BCUT2D eigenvalue weighted by atomic mass is 10.1. The molecule has 3 rings (SSSR count). The number of rotatable bonds is 6. The van der Waals surface area contributed by atoms with E-state index in [1.165, 1.54) is 0 Å². The number of nitrogens with zero attached hydrogens (tertiary/aromatic N) is 1. The van der Waals surface area contributed by atoms with Crippen LogP contribution in [-0.4, -0.2) is 28.4 Å². The molecule has 0 aliphatic carbocycles. The van der Waals surface area contributed by atoms with Crippen molar-refractivity contribution in [2.24, 2.45) is 0 Å². The summed E-state index contributed by atoms with van der Waals surface area (Å²) in [7, 11) is 1.60. The van der Waals surface area contributed by atoms with Gasteiger partial charge in [0.1, 0.15) is 16.7 Å². The second-order valence-electron chi connectivity index (χ2n) is 5.35. The number of ether oxygens (including phenoxy) is 1. The zero-order chi connectivity index (χ0) is 17.8. The lowest BCUT2D eigenvalue weighted by Crippen LogP contribution is -2.10. The highest BCUT2D eigenvalue weighted by molar-refractivity contribution is 8.00. The molecule has 1 atom stereocenters. The molecule has 1 heterocycles. The average molecular weight is 355 g/mol. The molecule has 2 aromatic carbocycles. The second-order valence-corrected chi connectivity index (χ2v) is 6.65. The molecule has 0 aliphatic heterocycles. The first kappa shape index (κ1) is 17.1. The van der Waals surface area contributed by atoms with Gasteiger partial charge < -0.3 is 14.3 Å². The van der Waals surface area contributed by atoms with Crippen LogP contribution >= 0.6 is 11.8 Å².